The van der Waals surface area contributed by atoms with Gasteiger partial charge in [0.05, 0.1) is 17.2 Å². The van der Waals surface area contributed by atoms with Gasteiger partial charge in [0.1, 0.15) is 16.4 Å². The highest BCUT2D eigenvalue weighted by molar-refractivity contribution is 7.90. The van der Waals surface area contributed by atoms with Crippen LogP contribution in [0.15, 0.2) is 45.8 Å². The Morgan fingerprint density at radius 3 is 2.28 bits per heavy atom. The summed E-state index contributed by atoms with van der Waals surface area (Å²) >= 11 is 0. The number of sulfone groups is 1. The lowest BCUT2D eigenvalue weighted by Crippen LogP contribution is -2.06. The van der Waals surface area contributed by atoms with Gasteiger partial charge in [0.2, 0.25) is 5.76 Å². The minimum absolute atomic E-state index is 0.212. The van der Waals surface area contributed by atoms with E-state index in [-0.39, 0.29) is 16.8 Å². The zero-order valence-corrected chi connectivity index (χ0v) is 15.8. The van der Waals surface area contributed by atoms with Crippen molar-refractivity contribution in [1.29, 1.82) is 5.26 Å². The van der Waals surface area contributed by atoms with Gasteiger partial charge in [0.15, 0.2) is 9.84 Å². The van der Waals surface area contributed by atoms with E-state index in [0.717, 1.165) is 18.4 Å². The van der Waals surface area contributed by atoms with E-state index in [4.69, 9.17) is 5.26 Å². The molecule has 0 amide bonds. The molecule has 0 aliphatic carbocycles. The predicted octanol–water partition coefficient (Wildman–Crippen LogP) is 4.75. The summed E-state index contributed by atoms with van der Waals surface area (Å²) in [6, 6.07) is 8.86. The van der Waals surface area contributed by atoms with Crippen molar-refractivity contribution in [1.82, 2.24) is 5.16 Å². The minimum atomic E-state index is -4.92. The van der Waals surface area contributed by atoms with Crippen molar-refractivity contribution >= 4 is 9.84 Å². The van der Waals surface area contributed by atoms with E-state index in [2.05, 4.69) is 9.68 Å². The number of hydrogen-bond donors (Lipinski definition) is 0. The highest BCUT2D eigenvalue weighted by atomic mass is 32.2. The number of nitriles is 1. The molecule has 29 heavy (non-hydrogen) atoms. The lowest BCUT2D eigenvalue weighted by atomic mass is 9.96. The van der Waals surface area contributed by atoms with Gasteiger partial charge >= 0.3 is 6.18 Å². The maximum atomic E-state index is 14.3. The van der Waals surface area contributed by atoms with Gasteiger partial charge in [0, 0.05) is 11.8 Å². The van der Waals surface area contributed by atoms with E-state index in [1.165, 1.54) is 18.2 Å². The van der Waals surface area contributed by atoms with Crippen LogP contribution in [0.2, 0.25) is 0 Å². The lowest BCUT2D eigenvalue weighted by Gasteiger charge is -2.09. The van der Waals surface area contributed by atoms with Gasteiger partial charge < -0.3 is 4.52 Å². The van der Waals surface area contributed by atoms with Crippen LogP contribution in [-0.4, -0.2) is 19.8 Å². The minimum Gasteiger partial charge on any atom is -0.350 e. The number of hydrogen-bond acceptors (Lipinski definition) is 5. The smallest absolute Gasteiger partial charge is 0.350 e. The molecule has 10 heteroatoms. The quantitative estimate of drug-likeness (QED) is 0.567. The molecule has 0 atom stereocenters. The SMILES string of the molecule is Cc1cc(-c2noc(C(F)(F)F)c2-c2ccc(S(C)(=O)=O)c(F)c2)ccc1C#N. The summed E-state index contributed by atoms with van der Waals surface area (Å²) in [6.07, 6.45) is -4.13. The zero-order valence-electron chi connectivity index (χ0n) is 15.0. The molecule has 150 valence electrons. The second kappa shape index (κ2) is 7.00. The molecule has 3 aromatic rings. The third-order valence-electron chi connectivity index (χ3n) is 4.19. The summed E-state index contributed by atoms with van der Waals surface area (Å²) in [4.78, 5) is -0.637. The standard InChI is InChI=1S/C19H12F4N2O3S/c1-10-7-12(3-4-13(10)9-24)17-16(18(28-25-17)19(21,22)23)11-5-6-15(14(20)8-11)29(2,26)27/h3-8H,1-2H3. The summed E-state index contributed by atoms with van der Waals surface area (Å²) < 4.78 is 82.4. The molecule has 0 bridgehead atoms. The molecule has 5 nitrogen and oxygen atoms in total. The van der Waals surface area contributed by atoms with Gasteiger partial charge in [-0.1, -0.05) is 17.3 Å². The summed E-state index contributed by atoms with van der Waals surface area (Å²) in [5.74, 6) is -2.64. The van der Waals surface area contributed by atoms with Crippen molar-refractivity contribution in [3.8, 4) is 28.5 Å². The second-order valence-electron chi connectivity index (χ2n) is 6.29. The van der Waals surface area contributed by atoms with Crippen molar-refractivity contribution in [2.45, 2.75) is 18.0 Å². The number of nitrogens with zero attached hydrogens (tertiary/aromatic N) is 2. The Labute approximate surface area is 163 Å². The largest absolute Gasteiger partial charge is 0.453 e. The first-order valence-electron chi connectivity index (χ1n) is 8.01. The average Bonchev–Trinajstić information content (AvgIpc) is 3.05. The summed E-state index contributed by atoms with van der Waals surface area (Å²) in [7, 11) is -3.90. The Morgan fingerprint density at radius 1 is 1.10 bits per heavy atom. The van der Waals surface area contributed by atoms with E-state index in [0.29, 0.717) is 17.2 Å². The molecule has 3 rings (SSSR count). The monoisotopic (exact) mass is 424 g/mol. The fourth-order valence-electron chi connectivity index (χ4n) is 2.84. The molecule has 0 fully saturated rings. The van der Waals surface area contributed by atoms with Crippen LogP contribution in [0.25, 0.3) is 22.4 Å². The van der Waals surface area contributed by atoms with Gasteiger partial charge in [-0.05, 0) is 42.3 Å². The summed E-state index contributed by atoms with van der Waals surface area (Å²) in [5.41, 5.74) is 0.0744. The first-order valence-corrected chi connectivity index (χ1v) is 9.90. The van der Waals surface area contributed by atoms with Crippen LogP contribution < -0.4 is 0 Å². The molecule has 0 saturated heterocycles. The lowest BCUT2D eigenvalue weighted by molar-refractivity contribution is -0.154. The van der Waals surface area contributed by atoms with Crippen molar-refractivity contribution in [3.05, 3.63) is 59.1 Å². The van der Waals surface area contributed by atoms with E-state index in [1.54, 1.807) is 6.92 Å². The van der Waals surface area contributed by atoms with E-state index in [1.807, 2.05) is 6.07 Å². The predicted molar refractivity (Wildman–Crippen MR) is 94.9 cm³/mol. The molecule has 0 unspecified atom stereocenters. The van der Waals surface area contributed by atoms with E-state index >= 15 is 0 Å². The van der Waals surface area contributed by atoms with Crippen LogP contribution in [0, 0.1) is 24.1 Å². The van der Waals surface area contributed by atoms with Crippen molar-refractivity contribution < 1.29 is 30.5 Å². The Balaban J connectivity index is 2.28. The third kappa shape index (κ3) is 3.86. The fraction of sp³-hybridized carbons (Fsp3) is 0.158. The van der Waals surface area contributed by atoms with Gasteiger partial charge in [0.25, 0.3) is 0 Å². The average molecular weight is 424 g/mol. The first-order chi connectivity index (χ1) is 13.4. The number of alkyl halides is 3. The normalized spacial score (nSPS) is 12.0. The Hall–Kier alpha value is -3.19. The van der Waals surface area contributed by atoms with Gasteiger partial charge in [-0.15, -0.1) is 0 Å². The fourth-order valence-corrected chi connectivity index (χ4v) is 3.57. The number of halogens is 4. The van der Waals surface area contributed by atoms with Crippen LogP contribution in [0.4, 0.5) is 17.6 Å². The summed E-state index contributed by atoms with van der Waals surface area (Å²) in [5, 5.41) is 12.5. The van der Waals surface area contributed by atoms with E-state index in [9.17, 15) is 26.0 Å². The van der Waals surface area contributed by atoms with Gasteiger partial charge in [-0.2, -0.15) is 18.4 Å². The first kappa shape index (κ1) is 20.5. The molecule has 0 N–H and O–H groups in total. The van der Waals surface area contributed by atoms with Crippen molar-refractivity contribution in [3.63, 3.8) is 0 Å². The van der Waals surface area contributed by atoms with E-state index < -0.39 is 38.0 Å². The van der Waals surface area contributed by atoms with Crippen molar-refractivity contribution in [2.75, 3.05) is 6.26 Å². The topological polar surface area (TPSA) is 84.0 Å². The molecule has 0 aliphatic rings. The molecule has 1 heterocycles. The van der Waals surface area contributed by atoms with Gasteiger partial charge in [-0.3, -0.25) is 0 Å². The molecular weight excluding hydrogens is 412 g/mol. The van der Waals surface area contributed by atoms with Crippen LogP contribution in [-0.2, 0) is 16.0 Å². The Kier molecular flexibility index (Phi) is 4.96. The number of rotatable bonds is 3. The Bertz CT molecular complexity index is 1260. The summed E-state index contributed by atoms with van der Waals surface area (Å²) in [6.45, 7) is 1.60. The molecule has 0 saturated carbocycles. The Morgan fingerprint density at radius 2 is 1.76 bits per heavy atom. The van der Waals surface area contributed by atoms with Crippen LogP contribution in [0.3, 0.4) is 0 Å². The highest BCUT2D eigenvalue weighted by Gasteiger charge is 2.41. The van der Waals surface area contributed by atoms with Crippen molar-refractivity contribution in [2.24, 2.45) is 0 Å². The zero-order chi connectivity index (χ0) is 21.6. The molecule has 0 radical (unpaired) electrons. The second-order valence-corrected chi connectivity index (χ2v) is 8.28. The number of aromatic nitrogens is 1. The maximum absolute atomic E-state index is 14.3. The molecule has 0 aliphatic heterocycles. The van der Waals surface area contributed by atoms with Crippen LogP contribution in [0.1, 0.15) is 16.9 Å². The van der Waals surface area contributed by atoms with Gasteiger partial charge in [-0.25, -0.2) is 12.8 Å². The maximum Gasteiger partial charge on any atom is 0.453 e. The molecule has 2 aromatic carbocycles. The number of aryl methyl sites for hydroxylation is 1. The number of benzene rings is 2. The van der Waals surface area contributed by atoms with Crippen LogP contribution >= 0.6 is 0 Å². The molecular formula is C19H12F4N2O3S. The molecule has 1 aromatic heterocycles. The third-order valence-corrected chi connectivity index (χ3v) is 5.32. The van der Waals surface area contributed by atoms with Crippen LogP contribution in [0.5, 0.6) is 0 Å². The highest BCUT2D eigenvalue weighted by Crippen LogP contribution is 2.43. The molecule has 0 spiro atoms.